The fourth-order valence-electron chi connectivity index (χ4n) is 3.13. The number of aryl methyl sites for hydroxylation is 2. The Balaban J connectivity index is 1.80. The van der Waals surface area contributed by atoms with E-state index in [1.165, 1.54) is 23.0 Å². The third kappa shape index (κ3) is 4.59. The third-order valence-electron chi connectivity index (χ3n) is 5.37. The van der Waals surface area contributed by atoms with Crippen LogP contribution >= 0.6 is 0 Å². The first-order valence-electron chi connectivity index (χ1n) is 9.44. The van der Waals surface area contributed by atoms with Crippen LogP contribution in [0.5, 0.6) is 0 Å². The number of carbonyl (C=O) groups excluding carboxylic acids is 1. The molecule has 0 fully saturated rings. The fraction of sp³-hybridized carbons (Fsp3) is 0.286. The van der Waals surface area contributed by atoms with Crippen molar-refractivity contribution in [2.45, 2.75) is 31.6 Å². The molecule has 3 aromatic rings. The van der Waals surface area contributed by atoms with E-state index >= 15 is 0 Å². The molecule has 10 heteroatoms. The standard InChI is InChI=1S/C21H23N3O6S/c1-14-12-18(23-30-14)16-6-4-15(5-7-16)17-8-10-24(19(25)13-17)11-9-21(2,20(26)22-27)31(3,28)29/h4-8,10,12-13,27H,9,11H2,1-3H3,(H,22,26). The molecule has 2 N–H and O–H groups in total. The first-order valence-corrected chi connectivity index (χ1v) is 11.3. The number of hydrogen-bond acceptors (Lipinski definition) is 7. The minimum absolute atomic E-state index is 0.0133. The number of aromatic nitrogens is 2. The summed E-state index contributed by atoms with van der Waals surface area (Å²) in [5.41, 5.74) is 4.19. The summed E-state index contributed by atoms with van der Waals surface area (Å²) in [6.45, 7) is 3.01. The van der Waals surface area contributed by atoms with Crippen molar-refractivity contribution in [2.24, 2.45) is 0 Å². The molecule has 2 heterocycles. The van der Waals surface area contributed by atoms with Gasteiger partial charge in [-0.25, -0.2) is 13.9 Å². The summed E-state index contributed by atoms with van der Waals surface area (Å²) in [7, 11) is -3.83. The van der Waals surface area contributed by atoms with Gasteiger partial charge in [-0.3, -0.25) is 14.8 Å². The van der Waals surface area contributed by atoms with Gasteiger partial charge in [0.2, 0.25) is 0 Å². The zero-order valence-corrected chi connectivity index (χ0v) is 18.1. The highest BCUT2D eigenvalue weighted by atomic mass is 32.2. The van der Waals surface area contributed by atoms with Crippen molar-refractivity contribution in [1.82, 2.24) is 15.2 Å². The molecule has 0 saturated carbocycles. The van der Waals surface area contributed by atoms with Crippen LogP contribution in [0.4, 0.5) is 0 Å². The lowest BCUT2D eigenvalue weighted by Crippen LogP contribution is -2.49. The number of hydroxylamine groups is 1. The molecule has 1 unspecified atom stereocenters. The van der Waals surface area contributed by atoms with E-state index in [0.717, 1.165) is 23.1 Å². The molecule has 1 atom stereocenters. The van der Waals surface area contributed by atoms with Crippen LogP contribution < -0.4 is 11.0 Å². The van der Waals surface area contributed by atoms with E-state index in [1.54, 1.807) is 12.3 Å². The predicted molar refractivity (Wildman–Crippen MR) is 114 cm³/mol. The number of nitrogens with zero attached hydrogens (tertiary/aromatic N) is 2. The van der Waals surface area contributed by atoms with E-state index in [2.05, 4.69) is 5.16 Å². The van der Waals surface area contributed by atoms with Gasteiger partial charge in [0, 0.05) is 36.7 Å². The molecule has 31 heavy (non-hydrogen) atoms. The molecule has 1 aromatic carbocycles. The molecule has 0 aliphatic rings. The van der Waals surface area contributed by atoms with Gasteiger partial charge in [0.25, 0.3) is 11.5 Å². The molecule has 1 amide bonds. The number of hydrogen-bond donors (Lipinski definition) is 2. The zero-order chi connectivity index (χ0) is 22.8. The Bertz CT molecular complexity index is 1260. The topological polar surface area (TPSA) is 132 Å². The number of rotatable bonds is 7. The van der Waals surface area contributed by atoms with Crippen molar-refractivity contribution in [3.05, 3.63) is 64.8 Å². The van der Waals surface area contributed by atoms with E-state index in [0.29, 0.717) is 11.3 Å². The van der Waals surface area contributed by atoms with Gasteiger partial charge in [0.15, 0.2) is 14.6 Å². The largest absolute Gasteiger partial charge is 0.361 e. The first kappa shape index (κ1) is 22.4. The Morgan fingerprint density at radius 3 is 2.32 bits per heavy atom. The van der Waals surface area contributed by atoms with Crippen molar-refractivity contribution in [2.75, 3.05) is 6.26 Å². The lowest BCUT2D eigenvalue weighted by atomic mass is 10.0. The lowest BCUT2D eigenvalue weighted by Gasteiger charge is -2.25. The van der Waals surface area contributed by atoms with Crippen LogP contribution in [0.2, 0.25) is 0 Å². The van der Waals surface area contributed by atoms with E-state index in [1.807, 2.05) is 37.3 Å². The van der Waals surface area contributed by atoms with E-state index in [9.17, 15) is 18.0 Å². The number of pyridine rings is 1. The third-order valence-corrected chi connectivity index (χ3v) is 7.39. The molecule has 0 bridgehead atoms. The van der Waals surface area contributed by atoms with Crippen molar-refractivity contribution in [3.8, 4) is 22.4 Å². The van der Waals surface area contributed by atoms with E-state index in [4.69, 9.17) is 9.73 Å². The van der Waals surface area contributed by atoms with Crippen LogP contribution in [0.25, 0.3) is 22.4 Å². The number of carbonyl (C=O) groups is 1. The molecular formula is C21H23N3O6S. The van der Waals surface area contributed by atoms with E-state index < -0.39 is 20.5 Å². The monoisotopic (exact) mass is 445 g/mol. The predicted octanol–water partition coefficient (Wildman–Crippen LogP) is 2.18. The van der Waals surface area contributed by atoms with Crippen molar-refractivity contribution >= 4 is 15.7 Å². The van der Waals surface area contributed by atoms with Gasteiger partial charge in [-0.2, -0.15) is 0 Å². The van der Waals surface area contributed by atoms with Crippen molar-refractivity contribution in [1.29, 1.82) is 0 Å². The van der Waals surface area contributed by atoms with Gasteiger partial charge in [-0.15, -0.1) is 0 Å². The van der Waals surface area contributed by atoms with Crippen molar-refractivity contribution in [3.63, 3.8) is 0 Å². The molecular weight excluding hydrogens is 422 g/mol. The maximum atomic E-state index is 12.6. The molecule has 9 nitrogen and oxygen atoms in total. The summed E-state index contributed by atoms with van der Waals surface area (Å²) < 4.78 is 28.7. The summed E-state index contributed by atoms with van der Waals surface area (Å²) in [6.07, 6.45) is 2.29. The summed E-state index contributed by atoms with van der Waals surface area (Å²) in [5.74, 6) is -0.326. The number of nitrogens with one attached hydrogen (secondary N) is 1. The normalized spacial score (nSPS) is 13.5. The minimum Gasteiger partial charge on any atom is -0.361 e. The molecule has 0 spiro atoms. The Morgan fingerprint density at radius 2 is 1.81 bits per heavy atom. The zero-order valence-electron chi connectivity index (χ0n) is 17.3. The molecule has 0 aliphatic carbocycles. The first-order chi connectivity index (χ1) is 14.5. The number of amides is 1. The van der Waals surface area contributed by atoms with Gasteiger partial charge in [0.05, 0.1) is 0 Å². The summed E-state index contributed by atoms with van der Waals surface area (Å²) in [5, 5.41) is 12.9. The Hall–Kier alpha value is -3.24. The average Bonchev–Trinajstić information content (AvgIpc) is 3.17. The second-order valence-electron chi connectivity index (χ2n) is 7.54. The number of benzene rings is 1. The van der Waals surface area contributed by atoms with Gasteiger partial charge in [-0.05, 0) is 37.5 Å². The smallest absolute Gasteiger partial charge is 0.264 e. The van der Waals surface area contributed by atoms with Crippen LogP contribution in [-0.2, 0) is 21.2 Å². The summed E-state index contributed by atoms with van der Waals surface area (Å²) >= 11 is 0. The van der Waals surface area contributed by atoms with Crippen LogP contribution in [0.3, 0.4) is 0 Å². The molecule has 2 aromatic heterocycles. The molecule has 164 valence electrons. The quantitative estimate of drug-likeness (QED) is 0.421. The summed E-state index contributed by atoms with van der Waals surface area (Å²) in [4.78, 5) is 24.5. The average molecular weight is 445 g/mol. The second kappa shape index (κ2) is 8.48. The molecule has 0 saturated heterocycles. The van der Waals surface area contributed by atoms with Crippen molar-refractivity contribution < 1.29 is 22.9 Å². The highest BCUT2D eigenvalue weighted by Gasteiger charge is 2.43. The molecule has 0 radical (unpaired) electrons. The molecule has 3 rings (SSSR count). The summed E-state index contributed by atoms with van der Waals surface area (Å²) in [6, 6.07) is 12.5. The van der Waals surface area contributed by atoms with Gasteiger partial charge >= 0.3 is 0 Å². The second-order valence-corrected chi connectivity index (χ2v) is 9.99. The maximum absolute atomic E-state index is 12.6. The lowest BCUT2D eigenvalue weighted by molar-refractivity contribution is -0.131. The maximum Gasteiger partial charge on any atom is 0.264 e. The molecule has 0 aliphatic heterocycles. The van der Waals surface area contributed by atoms with Crippen LogP contribution in [0.1, 0.15) is 19.1 Å². The highest BCUT2D eigenvalue weighted by Crippen LogP contribution is 2.25. The van der Waals surface area contributed by atoms with Gasteiger partial charge < -0.3 is 9.09 Å². The van der Waals surface area contributed by atoms with Crippen LogP contribution in [0, 0.1) is 6.92 Å². The Kier molecular flexibility index (Phi) is 6.14. The SMILES string of the molecule is Cc1cc(-c2ccc(-c3ccn(CCC(C)(C(=O)NO)S(C)(=O)=O)c(=O)c3)cc2)no1. The Labute approximate surface area is 179 Å². The Morgan fingerprint density at radius 1 is 1.16 bits per heavy atom. The highest BCUT2D eigenvalue weighted by molar-refractivity contribution is 7.92. The van der Waals surface area contributed by atoms with Gasteiger partial charge in [0.1, 0.15) is 11.5 Å². The minimum atomic E-state index is -3.83. The van der Waals surface area contributed by atoms with E-state index in [-0.39, 0.29) is 18.5 Å². The van der Waals surface area contributed by atoms with Gasteiger partial charge in [-0.1, -0.05) is 29.4 Å². The van der Waals surface area contributed by atoms with Crippen LogP contribution in [0.15, 0.2) is 58.0 Å². The van der Waals surface area contributed by atoms with Crippen LogP contribution in [-0.4, -0.2) is 40.3 Å². The fourth-order valence-corrected chi connectivity index (χ4v) is 3.97. The number of sulfone groups is 1.